The summed E-state index contributed by atoms with van der Waals surface area (Å²) in [6.45, 7) is 0. The molecule has 0 spiro atoms. The van der Waals surface area contributed by atoms with Gasteiger partial charge in [0, 0.05) is 24.1 Å². The van der Waals surface area contributed by atoms with E-state index in [4.69, 9.17) is 4.42 Å². The van der Waals surface area contributed by atoms with Gasteiger partial charge in [-0.3, -0.25) is 14.9 Å². The highest BCUT2D eigenvalue weighted by molar-refractivity contribution is 5.96. The molecule has 30 heavy (non-hydrogen) atoms. The molecule has 0 aliphatic rings. The molecular formula is C21H17N3O6. The van der Waals surface area contributed by atoms with Crippen LogP contribution in [-0.2, 0) is 11.2 Å². The van der Waals surface area contributed by atoms with Gasteiger partial charge in [-0.15, -0.1) is 0 Å². The zero-order valence-corrected chi connectivity index (χ0v) is 15.6. The summed E-state index contributed by atoms with van der Waals surface area (Å²) < 4.78 is 5.54. The summed E-state index contributed by atoms with van der Waals surface area (Å²) >= 11 is 0. The first-order chi connectivity index (χ1) is 14.4. The quantitative estimate of drug-likeness (QED) is 0.332. The van der Waals surface area contributed by atoms with Crippen LogP contribution in [0.1, 0.15) is 28.1 Å². The number of nitro groups is 1. The molecule has 0 fully saturated rings. The monoisotopic (exact) mass is 407 g/mol. The minimum Gasteiger partial charge on any atom is -0.478 e. The fourth-order valence-corrected chi connectivity index (χ4v) is 2.73. The smallest absolute Gasteiger partial charge is 0.336 e. The van der Waals surface area contributed by atoms with Crippen molar-refractivity contribution in [2.45, 2.75) is 12.8 Å². The number of furan rings is 1. The minimum atomic E-state index is -1.31. The second-order valence-corrected chi connectivity index (χ2v) is 6.27. The predicted octanol–water partition coefficient (Wildman–Crippen LogP) is 3.64. The second-order valence-electron chi connectivity index (χ2n) is 6.27. The van der Waals surface area contributed by atoms with Crippen LogP contribution in [0.15, 0.2) is 70.2 Å². The Morgan fingerprint density at radius 2 is 1.90 bits per heavy atom. The lowest BCUT2D eigenvalue weighted by atomic mass is 10.0. The van der Waals surface area contributed by atoms with Crippen LogP contribution in [-0.4, -0.2) is 28.1 Å². The molecule has 1 heterocycles. The molecule has 0 aliphatic carbocycles. The first-order valence-corrected chi connectivity index (χ1v) is 8.92. The zero-order chi connectivity index (χ0) is 21.5. The van der Waals surface area contributed by atoms with Crippen molar-refractivity contribution in [3.63, 3.8) is 0 Å². The molecule has 0 saturated heterocycles. The van der Waals surface area contributed by atoms with Crippen LogP contribution < -0.4 is 5.43 Å². The number of hydrogen-bond donors (Lipinski definition) is 2. The van der Waals surface area contributed by atoms with E-state index in [1.165, 1.54) is 24.4 Å². The highest BCUT2D eigenvalue weighted by atomic mass is 16.6. The number of nitrogens with zero attached hydrogens (tertiary/aromatic N) is 2. The molecule has 3 aromatic rings. The maximum atomic E-state index is 11.9. The van der Waals surface area contributed by atoms with Gasteiger partial charge in [0.05, 0.1) is 16.7 Å². The van der Waals surface area contributed by atoms with Crippen LogP contribution in [0.4, 0.5) is 5.69 Å². The number of non-ortho nitro benzene ring substituents is 1. The van der Waals surface area contributed by atoms with Crippen molar-refractivity contribution in [3.8, 4) is 11.3 Å². The minimum absolute atomic E-state index is 0.194. The summed E-state index contributed by atoms with van der Waals surface area (Å²) in [6, 6.07) is 16.1. The standard InChI is InChI=1S/C21H17N3O6/c25-20(11-6-14-4-2-1-3-5-14)23-22-13-16-8-10-19(30-16)17-9-7-15(24(28)29)12-18(17)21(26)27/h1-5,7-10,12-13H,6,11H2,(H,23,25)(H,26,27)/b22-13-. The highest BCUT2D eigenvalue weighted by Gasteiger charge is 2.19. The van der Waals surface area contributed by atoms with Gasteiger partial charge in [-0.25, -0.2) is 10.2 Å². The number of amides is 1. The van der Waals surface area contributed by atoms with Gasteiger partial charge in [-0.2, -0.15) is 5.10 Å². The number of carbonyl (C=O) groups excluding carboxylic acids is 1. The number of carboxylic acid groups (broad SMARTS) is 1. The van der Waals surface area contributed by atoms with E-state index in [1.807, 2.05) is 30.3 Å². The number of hydrogen-bond acceptors (Lipinski definition) is 6. The molecule has 2 N–H and O–H groups in total. The third-order valence-electron chi connectivity index (χ3n) is 4.20. The summed E-state index contributed by atoms with van der Waals surface area (Å²) in [7, 11) is 0. The Labute approximate surface area is 170 Å². The van der Waals surface area contributed by atoms with Crippen LogP contribution in [0.3, 0.4) is 0 Å². The molecule has 1 aromatic heterocycles. The van der Waals surface area contributed by atoms with Gasteiger partial charge >= 0.3 is 5.97 Å². The van der Waals surface area contributed by atoms with Crippen molar-refractivity contribution in [1.82, 2.24) is 5.43 Å². The molecule has 9 heteroatoms. The summed E-state index contributed by atoms with van der Waals surface area (Å²) in [5.41, 5.74) is 3.06. The van der Waals surface area contributed by atoms with E-state index < -0.39 is 10.9 Å². The van der Waals surface area contributed by atoms with E-state index in [0.29, 0.717) is 6.42 Å². The number of nitrogens with one attached hydrogen (secondary N) is 1. The molecule has 0 atom stereocenters. The lowest BCUT2D eigenvalue weighted by Crippen LogP contribution is -2.17. The predicted molar refractivity (Wildman–Crippen MR) is 108 cm³/mol. The van der Waals surface area contributed by atoms with E-state index in [-0.39, 0.29) is 40.7 Å². The molecule has 152 valence electrons. The molecule has 0 saturated carbocycles. The largest absolute Gasteiger partial charge is 0.478 e. The van der Waals surface area contributed by atoms with Crippen molar-refractivity contribution in [2.75, 3.05) is 0 Å². The van der Waals surface area contributed by atoms with Crippen LogP contribution in [0.25, 0.3) is 11.3 Å². The number of carboxylic acids is 1. The number of hydrazone groups is 1. The molecular weight excluding hydrogens is 390 g/mol. The fraction of sp³-hybridized carbons (Fsp3) is 0.0952. The molecule has 1 amide bonds. The Balaban J connectivity index is 1.64. The van der Waals surface area contributed by atoms with E-state index in [2.05, 4.69) is 10.5 Å². The zero-order valence-electron chi connectivity index (χ0n) is 15.6. The summed E-state index contributed by atoms with van der Waals surface area (Å²) in [4.78, 5) is 33.5. The van der Waals surface area contributed by atoms with Gasteiger partial charge in [-0.1, -0.05) is 30.3 Å². The lowest BCUT2D eigenvalue weighted by molar-refractivity contribution is -0.384. The van der Waals surface area contributed by atoms with Gasteiger partial charge in [0.15, 0.2) is 0 Å². The number of nitro benzene ring substituents is 1. The highest BCUT2D eigenvalue weighted by Crippen LogP contribution is 2.28. The first kappa shape index (κ1) is 20.5. The normalized spacial score (nSPS) is 10.8. The fourth-order valence-electron chi connectivity index (χ4n) is 2.73. The summed E-state index contributed by atoms with van der Waals surface area (Å²) in [6.07, 6.45) is 2.15. The van der Waals surface area contributed by atoms with Gasteiger partial charge in [0.25, 0.3) is 5.69 Å². The molecule has 3 rings (SSSR count). The Bertz CT molecular complexity index is 1100. The van der Waals surface area contributed by atoms with E-state index in [0.717, 1.165) is 11.6 Å². The van der Waals surface area contributed by atoms with Gasteiger partial charge in [0.2, 0.25) is 5.91 Å². The maximum absolute atomic E-state index is 11.9. The van der Waals surface area contributed by atoms with Crippen LogP contribution in [0.5, 0.6) is 0 Å². The Kier molecular flexibility index (Phi) is 6.33. The number of rotatable bonds is 8. The van der Waals surface area contributed by atoms with Crippen LogP contribution in [0.2, 0.25) is 0 Å². The number of aryl methyl sites for hydroxylation is 1. The Morgan fingerprint density at radius 3 is 2.60 bits per heavy atom. The average Bonchev–Trinajstić information content (AvgIpc) is 3.21. The van der Waals surface area contributed by atoms with Gasteiger partial charge < -0.3 is 9.52 Å². The van der Waals surface area contributed by atoms with Crippen molar-refractivity contribution >= 4 is 23.8 Å². The molecule has 0 unspecified atom stereocenters. The SMILES string of the molecule is O=C(CCc1ccccc1)N/N=C\c1ccc(-c2ccc([N+](=O)[O-])cc2C(=O)O)o1. The third kappa shape index (κ3) is 5.16. The Hall–Kier alpha value is -4.27. The number of carbonyl (C=O) groups is 2. The van der Waals surface area contributed by atoms with Crippen molar-refractivity contribution in [2.24, 2.45) is 5.10 Å². The molecule has 9 nitrogen and oxygen atoms in total. The topological polar surface area (TPSA) is 135 Å². The van der Waals surface area contributed by atoms with E-state index in [1.54, 1.807) is 6.07 Å². The molecule has 2 aromatic carbocycles. The van der Waals surface area contributed by atoms with Crippen molar-refractivity contribution < 1.29 is 24.0 Å². The average molecular weight is 407 g/mol. The van der Waals surface area contributed by atoms with Crippen molar-refractivity contribution in [1.29, 1.82) is 0 Å². The van der Waals surface area contributed by atoms with Crippen LogP contribution in [0, 0.1) is 10.1 Å². The summed E-state index contributed by atoms with van der Waals surface area (Å²) in [5.74, 6) is -1.08. The van der Waals surface area contributed by atoms with E-state index in [9.17, 15) is 24.8 Å². The molecule has 0 bridgehead atoms. The molecule has 0 aliphatic heterocycles. The number of aromatic carboxylic acids is 1. The molecule has 0 radical (unpaired) electrons. The lowest BCUT2D eigenvalue weighted by Gasteiger charge is -2.03. The van der Waals surface area contributed by atoms with Crippen LogP contribution >= 0.6 is 0 Å². The maximum Gasteiger partial charge on any atom is 0.336 e. The van der Waals surface area contributed by atoms with E-state index >= 15 is 0 Å². The number of benzene rings is 2. The summed E-state index contributed by atoms with van der Waals surface area (Å²) in [5, 5.41) is 24.0. The van der Waals surface area contributed by atoms with Gasteiger partial charge in [-0.05, 0) is 30.2 Å². The third-order valence-corrected chi connectivity index (χ3v) is 4.20. The van der Waals surface area contributed by atoms with Crippen molar-refractivity contribution in [3.05, 3.63) is 87.7 Å². The van der Waals surface area contributed by atoms with Gasteiger partial charge in [0.1, 0.15) is 11.5 Å². The Morgan fingerprint density at radius 1 is 1.13 bits per heavy atom. The second kappa shape index (κ2) is 9.28. The first-order valence-electron chi connectivity index (χ1n) is 8.92.